The summed E-state index contributed by atoms with van der Waals surface area (Å²) in [5.41, 5.74) is 1.75. The minimum atomic E-state index is -0.493. The molecular weight excluding hydrogens is 250 g/mol. The predicted molar refractivity (Wildman–Crippen MR) is 79.6 cm³/mol. The molecule has 3 nitrogen and oxygen atoms in total. The first kappa shape index (κ1) is 13.5. The van der Waals surface area contributed by atoms with Gasteiger partial charge in [0, 0.05) is 5.69 Å². The van der Waals surface area contributed by atoms with E-state index in [4.69, 9.17) is 4.74 Å². The van der Waals surface area contributed by atoms with Crippen molar-refractivity contribution < 1.29 is 9.53 Å². The lowest BCUT2D eigenvalue weighted by Gasteiger charge is -2.37. The highest BCUT2D eigenvalue weighted by Crippen LogP contribution is 2.52. The van der Waals surface area contributed by atoms with E-state index < -0.39 is 5.54 Å². The second kappa shape index (κ2) is 5.12. The Hall–Kier alpha value is -1.51. The highest BCUT2D eigenvalue weighted by molar-refractivity contribution is 5.86. The summed E-state index contributed by atoms with van der Waals surface area (Å²) in [4.78, 5) is 12.6. The highest BCUT2D eigenvalue weighted by Gasteiger charge is 2.56. The number of hydrogen-bond donors (Lipinski definition) is 1. The van der Waals surface area contributed by atoms with Crippen molar-refractivity contribution in [2.45, 2.75) is 45.1 Å². The normalized spacial score (nSPS) is 31.3. The smallest absolute Gasteiger partial charge is 0.332 e. The second-order valence-electron chi connectivity index (χ2n) is 6.27. The molecule has 2 fully saturated rings. The van der Waals surface area contributed by atoms with Gasteiger partial charge in [-0.3, -0.25) is 0 Å². The van der Waals surface area contributed by atoms with Gasteiger partial charge in [-0.15, -0.1) is 0 Å². The van der Waals surface area contributed by atoms with Crippen LogP contribution in [0.25, 0.3) is 0 Å². The molecule has 0 heterocycles. The summed E-state index contributed by atoms with van der Waals surface area (Å²) in [6.45, 7) is 4.40. The number of rotatable bonds is 4. The maximum absolute atomic E-state index is 12.6. The van der Waals surface area contributed by atoms with Crippen molar-refractivity contribution in [1.29, 1.82) is 0 Å². The van der Waals surface area contributed by atoms with E-state index in [-0.39, 0.29) is 5.97 Å². The van der Waals surface area contributed by atoms with Crippen LogP contribution >= 0.6 is 0 Å². The van der Waals surface area contributed by atoms with E-state index in [0.717, 1.165) is 24.9 Å². The Morgan fingerprint density at radius 2 is 2.30 bits per heavy atom. The van der Waals surface area contributed by atoms with Crippen molar-refractivity contribution in [2.24, 2.45) is 11.8 Å². The molecule has 0 spiro atoms. The van der Waals surface area contributed by atoms with Gasteiger partial charge >= 0.3 is 5.97 Å². The highest BCUT2D eigenvalue weighted by atomic mass is 16.5. The molecule has 0 aromatic heterocycles. The number of carbonyl (C=O) groups excluding carboxylic acids is 1. The van der Waals surface area contributed by atoms with Crippen LogP contribution in [-0.4, -0.2) is 18.1 Å². The lowest BCUT2D eigenvalue weighted by atomic mass is 9.80. The zero-order valence-corrected chi connectivity index (χ0v) is 12.3. The molecule has 3 rings (SSSR count). The number of hydrogen-bond acceptors (Lipinski definition) is 3. The third kappa shape index (κ3) is 2.19. The number of benzene rings is 1. The molecule has 2 saturated carbocycles. The summed E-state index contributed by atoms with van der Waals surface area (Å²) < 4.78 is 5.38. The molecular formula is C17H23NO2. The Balaban J connectivity index is 1.89. The first-order valence-corrected chi connectivity index (χ1v) is 7.66. The van der Waals surface area contributed by atoms with Gasteiger partial charge in [-0.05, 0) is 69.1 Å². The molecule has 3 unspecified atom stereocenters. The van der Waals surface area contributed by atoms with E-state index in [2.05, 4.69) is 24.4 Å². The molecule has 0 aliphatic heterocycles. The number of anilines is 1. The maximum Gasteiger partial charge on any atom is 0.332 e. The van der Waals surface area contributed by atoms with Gasteiger partial charge < -0.3 is 10.1 Å². The van der Waals surface area contributed by atoms with Crippen LogP contribution in [0.4, 0.5) is 5.69 Å². The van der Waals surface area contributed by atoms with Crippen molar-refractivity contribution in [3.8, 4) is 0 Å². The van der Waals surface area contributed by atoms with E-state index in [0.29, 0.717) is 18.4 Å². The van der Waals surface area contributed by atoms with Crippen LogP contribution < -0.4 is 5.32 Å². The summed E-state index contributed by atoms with van der Waals surface area (Å²) in [6, 6.07) is 8.25. The fraction of sp³-hybridized carbons (Fsp3) is 0.588. The van der Waals surface area contributed by atoms with Crippen LogP contribution in [0.1, 0.15) is 38.2 Å². The van der Waals surface area contributed by atoms with Gasteiger partial charge in [0.15, 0.2) is 0 Å². The zero-order chi connectivity index (χ0) is 14.2. The van der Waals surface area contributed by atoms with Crippen LogP contribution in [-0.2, 0) is 9.53 Å². The summed E-state index contributed by atoms with van der Waals surface area (Å²) in [7, 11) is 0. The van der Waals surface area contributed by atoms with E-state index in [1.807, 2.05) is 19.1 Å². The SMILES string of the molecule is CCOC(=O)C1(Nc2cccc(C)c2)CC2CCC1C2. The van der Waals surface area contributed by atoms with Crippen LogP contribution in [0.2, 0.25) is 0 Å². The van der Waals surface area contributed by atoms with Crippen molar-refractivity contribution in [2.75, 3.05) is 11.9 Å². The largest absolute Gasteiger partial charge is 0.464 e. The van der Waals surface area contributed by atoms with E-state index in [1.54, 1.807) is 0 Å². The number of esters is 1. The lowest BCUT2D eigenvalue weighted by molar-refractivity contribution is -0.150. The minimum absolute atomic E-state index is 0.0614. The standard InChI is InChI=1S/C17H23NO2/c1-3-20-16(19)17(11-13-7-8-14(17)10-13)18-15-6-4-5-12(2)9-15/h4-6,9,13-14,18H,3,7-8,10-11H2,1-2H3. The molecule has 1 aromatic carbocycles. The Morgan fingerprint density at radius 3 is 2.90 bits per heavy atom. The van der Waals surface area contributed by atoms with Gasteiger partial charge in [-0.2, -0.15) is 0 Å². The first-order valence-electron chi connectivity index (χ1n) is 7.66. The van der Waals surface area contributed by atoms with E-state index >= 15 is 0 Å². The van der Waals surface area contributed by atoms with Crippen molar-refractivity contribution in [1.82, 2.24) is 0 Å². The molecule has 1 N–H and O–H groups in total. The monoisotopic (exact) mass is 273 g/mol. The molecule has 1 aromatic rings. The molecule has 3 atom stereocenters. The summed E-state index contributed by atoms with van der Waals surface area (Å²) in [6.07, 6.45) is 4.49. The quantitative estimate of drug-likeness (QED) is 0.853. The van der Waals surface area contributed by atoms with Crippen LogP contribution in [0, 0.1) is 18.8 Å². The third-order valence-corrected chi connectivity index (χ3v) is 4.87. The average Bonchev–Trinajstić information content (AvgIpc) is 3.00. The zero-order valence-electron chi connectivity index (χ0n) is 12.3. The summed E-state index contributed by atoms with van der Waals surface area (Å²) in [5, 5.41) is 3.54. The first-order chi connectivity index (χ1) is 9.64. The third-order valence-electron chi connectivity index (χ3n) is 4.87. The molecule has 0 saturated heterocycles. The second-order valence-corrected chi connectivity index (χ2v) is 6.27. The molecule has 0 radical (unpaired) electrons. The Kier molecular flexibility index (Phi) is 3.45. The Bertz CT molecular complexity index is 513. The number of aryl methyl sites for hydroxylation is 1. The minimum Gasteiger partial charge on any atom is -0.464 e. The maximum atomic E-state index is 12.6. The predicted octanol–water partition coefficient (Wildman–Crippen LogP) is 3.53. The molecule has 3 heteroatoms. The molecule has 108 valence electrons. The summed E-state index contributed by atoms with van der Waals surface area (Å²) >= 11 is 0. The van der Waals surface area contributed by atoms with Crippen molar-refractivity contribution >= 4 is 11.7 Å². The van der Waals surface area contributed by atoms with Gasteiger partial charge in [0.05, 0.1) is 6.61 Å². The van der Waals surface area contributed by atoms with E-state index in [1.165, 1.54) is 12.0 Å². The Morgan fingerprint density at radius 1 is 1.45 bits per heavy atom. The van der Waals surface area contributed by atoms with Gasteiger partial charge in [0.25, 0.3) is 0 Å². The lowest BCUT2D eigenvalue weighted by Crippen LogP contribution is -2.51. The molecule has 20 heavy (non-hydrogen) atoms. The van der Waals surface area contributed by atoms with E-state index in [9.17, 15) is 4.79 Å². The molecule has 2 aliphatic rings. The molecule has 0 amide bonds. The average molecular weight is 273 g/mol. The van der Waals surface area contributed by atoms with Crippen molar-refractivity contribution in [3.63, 3.8) is 0 Å². The van der Waals surface area contributed by atoms with Gasteiger partial charge in [0.2, 0.25) is 0 Å². The van der Waals surface area contributed by atoms with Crippen LogP contribution in [0.15, 0.2) is 24.3 Å². The number of ether oxygens (including phenoxy) is 1. The van der Waals surface area contributed by atoms with Crippen LogP contribution in [0.3, 0.4) is 0 Å². The number of carbonyl (C=O) groups is 1. The number of fused-ring (bicyclic) bond motifs is 2. The van der Waals surface area contributed by atoms with Gasteiger partial charge in [0.1, 0.15) is 5.54 Å². The summed E-state index contributed by atoms with van der Waals surface area (Å²) in [5.74, 6) is 1.04. The van der Waals surface area contributed by atoms with Gasteiger partial charge in [-0.25, -0.2) is 4.79 Å². The topological polar surface area (TPSA) is 38.3 Å². The fourth-order valence-corrected chi connectivity index (χ4v) is 4.02. The number of nitrogens with one attached hydrogen (secondary N) is 1. The van der Waals surface area contributed by atoms with Crippen molar-refractivity contribution in [3.05, 3.63) is 29.8 Å². The molecule has 2 bridgehead atoms. The Labute approximate surface area is 120 Å². The van der Waals surface area contributed by atoms with Crippen LogP contribution in [0.5, 0.6) is 0 Å². The molecule has 2 aliphatic carbocycles. The van der Waals surface area contributed by atoms with Gasteiger partial charge in [-0.1, -0.05) is 12.1 Å². The fourth-order valence-electron chi connectivity index (χ4n) is 4.02.